The number of rotatable bonds is 21. The third kappa shape index (κ3) is 12.1. The maximum atomic E-state index is 13.0. The summed E-state index contributed by atoms with van der Waals surface area (Å²) in [5.74, 6) is 12.2. The maximum Gasteiger partial charge on any atom is 0.312 e. The summed E-state index contributed by atoms with van der Waals surface area (Å²) in [6.07, 6.45) is 25.0. The predicted molar refractivity (Wildman–Crippen MR) is 251 cm³/mol. The number of carbonyl (C=O) groups is 1. The fourth-order valence-corrected chi connectivity index (χ4v) is 12.5. The lowest BCUT2D eigenvalue weighted by Crippen LogP contribution is -2.51. The minimum Gasteiger partial charge on any atom is -0.494 e. The van der Waals surface area contributed by atoms with Crippen molar-refractivity contribution in [1.29, 1.82) is 0 Å². The molecule has 340 valence electrons. The Labute approximate surface area is 375 Å². The standard InChI is InChI=1S/C55H79NO6/c1-8-9-10-12-18-41(5)61-52-31-24-43(37-51(52)56(58)59)21-20-42-22-26-45(27-23-42)60-36-14-11-13-19-53(57)62-46-32-34-54(6)44(38-46)25-28-47-49-30-29-48(40(4)17-15-16-39(2)3)55(49,7)35-33-50(47)54/h22-27,31,37,39-41,46-50H,8-19,28-30,32-36,38H2,1-7H3/t40-,41+,46+,47+,48-,49+,50+,54+,55-/m1/s1. The van der Waals surface area contributed by atoms with E-state index in [1.165, 1.54) is 70.3 Å². The molecule has 0 heterocycles. The molecule has 0 amide bonds. The lowest BCUT2D eigenvalue weighted by Gasteiger charge is -2.58. The molecule has 0 spiro atoms. The van der Waals surface area contributed by atoms with Gasteiger partial charge in [0.25, 0.3) is 0 Å². The van der Waals surface area contributed by atoms with Crippen LogP contribution < -0.4 is 9.47 Å². The van der Waals surface area contributed by atoms with Crippen molar-refractivity contribution >= 4 is 11.7 Å². The molecule has 0 bridgehead atoms. The number of fused-ring (bicyclic) bond motifs is 5. The molecule has 7 nitrogen and oxygen atoms in total. The van der Waals surface area contributed by atoms with Crippen LogP contribution in [0.25, 0.3) is 0 Å². The van der Waals surface area contributed by atoms with E-state index in [2.05, 4.69) is 59.5 Å². The molecule has 62 heavy (non-hydrogen) atoms. The molecule has 3 fully saturated rings. The number of nitro groups is 1. The Morgan fingerprint density at radius 1 is 0.839 bits per heavy atom. The highest BCUT2D eigenvalue weighted by Crippen LogP contribution is 2.67. The van der Waals surface area contributed by atoms with Crippen LogP contribution in [0.3, 0.4) is 0 Å². The van der Waals surface area contributed by atoms with Gasteiger partial charge in [-0.15, -0.1) is 0 Å². The quantitative estimate of drug-likeness (QED) is 0.0310. The zero-order chi connectivity index (χ0) is 44.3. The van der Waals surface area contributed by atoms with Crippen LogP contribution in [0.15, 0.2) is 54.1 Å². The summed E-state index contributed by atoms with van der Waals surface area (Å²) < 4.78 is 18.0. The Kier molecular flexibility index (Phi) is 17.1. The van der Waals surface area contributed by atoms with E-state index in [0.29, 0.717) is 24.0 Å². The Morgan fingerprint density at radius 3 is 2.35 bits per heavy atom. The van der Waals surface area contributed by atoms with Crippen LogP contribution in [0.5, 0.6) is 11.5 Å². The van der Waals surface area contributed by atoms with Gasteiger partial charge in [-0.3, -0.25) is 14.9 Å². The van der Waals surface area contributed by atoms with E-state index in [0.717, 1.165) is 105 Å². The average Bonchev–Trinajstić information content (AvgIpc) is 3.61. The third-order valence-electron chi connectivity index (χ3n) is 16.0. The highest BCUT2D eigenvalue weighted by atomic mass is 16.6. The van der Waals surface area contributed by atoms with E-state index >= 15 is 0 Å². The lowest BCUT2D eigenvalue weighted by molar-refractivity contribution is -0.386. The van der Waals surface area contributed by atoms with E-state index in [-0.39, 0.29) is 35.0 Å². The second kappa shape index (κ2) is 22.2. The zero-order valence-corrected chi connectivity index (χ0v) is 39.5. The van der Waals surface area contributed by atoms with Crippen molar-refractivity contribution < 1.29 is 23.9 Å². The number of hydrogen-bond donors (Lipinski definition) is 0. The summed E-state index contributed by atoms with van der Waals surface area (Å²) >= 11 is 0. The van der Waals surface area contributed by atoms with E-state index < -0.39 is 4.92 Å². The van der Waals surface area contributed by atoms with Crippen molar-refractivity contribution in [1.82, 2.24) is 0 Å². The normalized spacial score (nSPS) is 27.4. The third-order valence-corrected chi connectivity index (χ3v) is 16.0. The first-order valence-corrected chi connectivity index (χ1v) is 24.9. The van der Waals surface area contributed by atoms with Crippen LogP contribution in [0.2, 0.25) is 0 Å². The number of allylic oxidation sites excluding steroid dienone is 1. The maximum absolute atomic E-state index is 13.0. The highest BCUT2D eigenvalue weighted by Gasteiger charge is 2.59. The van der Waals surface area contributed by atoms with Gasteiger partial charge in [-0.05, 0) is 167 Å². The van der Waals surface area contributed by atoms with Gasteiger partial charge < -0.3 is 14.2 Å². The Bertz CT molecular complexity index is 1870. The number of benzene rings is 2. The molecule has 9 atom stereocenters. The van der Waals surface area contributed by atoms with Crippen LogP contribution in [0, 0.1) is 68.3 Å². The average molecular weight is 850 g/mol. The molecule has 0 unspecified atom stereocenters. The molecule has 3 saturated carbocycles. The molecule has 0 N–H and O–H groups in total. The molecule has 4 aliphatic rings. The Hall–Kier alpha value is -3.79. The largest absolute Gasteiger partial charge is 0.494 e. The fraction of sp³-hybridized carbons (Fsp3) is 0.691. The van der Waals surface area contributed by atoms with Gasteiger partial charge in [-0.25, -0.2) is 0 Å². The molecule has 0 saturated heterocycles. The second-order valence-corrected chi connectivity index (χ2v) is 20.8. The summed E-state index contributed by atoms with van der Waals surface area (Å²) in [4.78, 5) is 24.4. The number of nitro benzene ring substituents is 1. The fourth-order valence-electron chi connectivity index (χ4n) is 12.5. The van der Waals surface area contributed by atoms with Crippen LogP contribution in [0.4, 0.5) is 5.69 Å². The summed E-state index contributed by atoms with van der Waals surface area (Å²) in [6.45, 7) is 17.2. The smallest absolute Gasteiger partial charge is 0.312 e. The number of nitrogens with zero attached hydrogens (tertiary/aromatic N) is 1. The number of esters is 1. The SMILES string of the molecule is CCCCCC[C@H](C)Oc1ccc(C#Cc2ccc(OCCCCCC(=O)O[C@H]3CC[C@@]4(C)C(=CC[C@H]5[C@@H]6CC[C@H]([C@H](C)CCCC(C)C)[C@@]6(C)CC[C@@H]54)C3)cc2)cc1[N+](=O)[O-]. The van der Waals surface area contributed by atoms with Crippen LogP contribution in [-0.2, 0) is 9.53 Å². The molecular weight excluding hydrogens is 771 g/mol. The van der Waals surface area contributed by atoms with Crippen LogP contribution in [-0.4, -0.2) is 29.7 Å². The minimum atomic E-state index is -0.404. The van der Waals surface area contributed by atoms with Gasteiger partial charge in [0.1, 0.15) is 11.9 Å². The van der Waals surface area contributed by atoms with Crippen molar-refractivity contribution in [2.24, 2.45) is 46.3 Å². The molecule has 4 aliphatic carbocycles. The molecule has 0 aromatic heterocycles. The van der Waals surface area contributed by atoms with Crippen molar-refractivity contribution in [2.75, 3.05) is 6.61 Å². The topological polar surface area (TPSA) is 87.9 Å². The molecule has 6 rings (SSSR count). The van der Waals surface area contributed by atoms with Gasteiger partial charge in [-0.1, -0.05) is 104 Å². The number of unbranched alkanes of at least 4 members (excludes halogenated alkanes) is 5. The summed E-state index contributed by atoms with van der Waals surface area (Å²) in [7, 11) is 0. The minimum absolute atomic E-state index is 0.0167. The van der Waals surface area contributed by atoms with Crippen molar-refractivity contribution in [3.8, 4) is 23.3 Å². The Balaban J connectivity index is 0.883. The highest BCUT2D eigenvalue weighted by molar-refractivity contribution is 5.69. The van der Waals surface area contributed by atoms with Crippen molar-refractivity contribution in [3.63, 3.8) is 0 Å². The molecule has 0 aliphatic heterocycles. The van der Waals surface area contributed by atoms with Gasteiger partial charge in [-0.2, -0.15) is 0 Å². The first-order valence-electron chi connectivity index (χ1n) is 24.9. The van der Waals surface area contributed by atoms with E-state index in [4.69, 9.17) is 14.2 Å². The van der Waals surface area contributed by atoms with Crippen molar-refractivity contribution in [2.45, 2.75) is 189 Å². The molecule has 0 radical (unpaired) electrons. The van der Waals surface area contributed by atoms with Crippen LogP contribution >= 0.6 is 0 Å². The van der Waals surface area contributed by atoms with Gasteiger partial charge >= 0.3 is 11.7 Å². The molecule has 2 aromatic rings. The zero-order valence-electron chi connectivity index (χ0n) is 39.5. The van der Waals surface area contributed by atoms with Gasteiger partial charge in [0.05, 0.1) is 17.6 Å². The van der Waals surface area contributed by atoms with Crippen LogP contribution in [0.1, 0.15) is 188 Å². The van der Waals surface area contributed by atoms with Gasteiger partial charge in [0, 0.05) is 30.0 Å². The Morgan fingerprint density at radius 2 is 1.60 bits per heavy atom. The molecule has 7 heteroatoms. The second-order valence-electron chi connectivity index (χ2n) is 20.8. The monoisotopic (exact) mass is 850 g/mol. The number of carbonyl (C=O) groups excluding carboxylic acids is 1. The summed E-state index contributed by atoms with van der Waals surface area (Å²) in [6, 6.07) is 12.5. The van der Waals surface area contributed by atoms with Gasteiger partial charge in [0.15, 0.2) is 5.75 Å². The van der Waals surface area contributed by atoms with E-state index in [1.807, 2.05) is 31.2 Å². The number of hydrogen-bond acceptors (Lipinski definition) is 6. The lowest BCUT2D eigenvalue weighted by atomic mass is 9.47. The summed E-state index contributed by atoms with van der Waals surface area (Å²) in [5, 5.41) is 11.8. The molecule has 2 aromatic carbocycles. The molecular formula is C55H79NO6. The van der Waals surface area contributed by atoms with E-state index in [1.54, 1.807) is 17.7 Å². The first-order chi connectivity index (χ1) is 29.8. The summed E-state index contributed by atoms with van der Waals surface area (Å²) in [5.41, 5.74) is 3.65. The first kappa shape index (κ1) is 47.7. The predicted octanol–water partition coefficient (Wildman–Crippen LogP) is 14.6. The van der Waals surface area contributed by atoms with E-state index in [9.17, 15) is 14.9 Å². The number of ether oxygens (including phenoxy) is 3. The van der Waals surface area contributed by atoms with Crippen molar-refractivity contribution in [3.05, 3.63) is 75.4 Å². The van der Waals surface area contributed by atoms with Gasteiger partial charge in [0.2, 0.25) is 0 Å².